The highest BCUT2D eigenvalue weighted by Crippen LogP contribution is 2.29. The quantitative estimate of drug-likeness (QED) is 0.347. The van der Waals surface area contributed by atoms with Gasteiger partial charge in [-0.2, -0.15) is 0 Å². The molecule has 0 fully saturated rings. The minimum absolute atomic E-state index is 0.131. The first-order valence-corrected chi connectivity index (χ1v) is 11.8. The van der Waals surface area contributed by atoms with Crippen molar-refractivity contribution in [3.05, 3.63) is 89.7 Å². The Morgan fingerprint density at radius 3 is 2.44 bits per heavy atom. The van der Waals surface area contributed by atoms with Gasteiger partial charge in [0.25, 0.3) is 0 Å². The van der Waals surface area contributed by atoms with Crippen LogP contribution < -0.4 is 14.8 Å². The normalized spacial score (nSPS) is 10.7. The SMILES string of the molecule is COc1ccc(NC(=O)CSc2nnc(C)n2-c2ccccc2OC)cc1Cc1ccccc1. The number of hydrogen-bond donors (Lipinski definition) is 1. The molecular formula is C26H26N4O3S. The van der Waals surface area contributed by atoms with Gasteiger partial charge in [-0.05, 0) is 42.8 Å². The molecule has 0 aliphatic carbocycles. The van der Waals surface area contributed by atoms with Crippen molar-refractivity contribution in [3.8, 4) is 17.2 Å². The molecule has 0 saturated heterocycles. The van der Waals surface area contributed by atoms with E-state index in [1.54, 1.807) is 14.2 Å². The van der Waals surface area contributed by atoms with Crippen LogP contribution in [0.25, 0.3) is 5.69 Å². The van der Waals surface area contributed by atoms with Crippen molar-refractivity contribution in [3.63, 3.8) is 0 Å². The van der Waals surface area contributed by atoms with Gasteiger partial charge >= 0.3 is 0 Å². The van der Waals surface area contributed by atoms with E-state index in [-0.39, 0.29) is 11.7 Å². The number of rotatable bonds is 9. The topological polar surface area (TPSA) is 78.3 Å². The number of para-hydroxylation sites is 2. The molecule has 3 aromatic carbocycles. The maximum absolute atomic E-state index is 12.7. The Bertz CT molecular complexity index is 1270. The number of amides is 1. The molecule has 4 rings (SSSR count). The highest BCUT2D eigenvalue weighted by Gasteiger charge is 2.16. The van der Waals surface area contributed by atoms with Crippen LogP contribution in [0, 0.1) is 6.92 Å². The molecule has 0 aliphatic rings. The lowest BCUT2D eigenvalue weighted by Gasteiger charge is -2.13. The highest BCUT2D eigenvalue weighted by atomic mass is 32.2. The number of carbonyl (C=O) groups excluding carboxylic acids is 1. The molecule has 0 atom stereocenters. The standard InChI is InChI=1S/C26H26N4O3S/c1-18-28-29-26(30(18)22-11-7-8-12-24(22)33-3)34-17-25(31)27-21-13-14-23(32-2)20(16-21)15-19-9-5-4-6-10-19/h4-14,16H,15,17H2,1-3H3,(H,27,31). The zero-order chi connectivity index (χ0) is 23.9. The Morgan fingerprint density at radius 2 is 1.68 bits per heavy atom. The number of hydrogen-bond acceptors (Lipinski definition) is 6. The van der Waals surface area contributed by atoms with Gasteiger partial charge < -0.3 is 14.8 Å². The maximum Gasteiger partial charge on any atom is 0.234 e. The number of thioether (sulfide) groups is 1. The first-order valence-electron chi connectivity index (χ1n) is 10.8. The molecule has 0 spiro atoms. The number of nitrogens with one attached hydrogen (secondary N) is 1. The number of anilines is 1. The van der Waals surface area contributed by atoms with E-state index in [1.165, 1.54) is 17.3 Å². The van der Waals surface area contributed by atoms with Gasteiger partial charge in [0.15, 0.2) is 5.16 Å². The molecule has 0 bridgehead atoms. The number of aryl methyl sites for hydroxylation is 1. The second-order valence-corrected chi connectivity index (χ2v) is 8.51. The van der Waals surface area contributed by atoms with Gasteiger partial charge in [0.1, 0.15) is 17.3 Å². The van der Waals surface area contributed by atoms with Crippen LogP contribution in [0.15, 0.2) is 78.0 Å². The fourth-order valence-electron chi connectivity index (χ4n) is 3.67. The zero-order valence-electron chi connectivity index (χ0n) is 19.3. The van der Waals surface area contributed by atoms with Crippen molar-refractivity contribution >= 4 is 23.4 Å². The van der Waals surface area contributed by atoms with E-state index in [9.17, 15) is 4.79 Å². The predicted octanol–water partition coefficient (Wildman–Crippen LogP) is 4.91. The van der Waals surface area contributed by atoms with Crippen molar-refractivity contribution in [2.45, 2.75) is 18.5 Å². The van der Waals surface area contributed by atoms with Gasteiger partial charge in [-0.15, -0.1) is 10.2 Å². The van der Waals surface area contributed by atoms with Crippen molar-refractivity contribution < 1.29 is 14.3 Å². The van der Waals surface area contributed by atoms with E-state index in [0.717, 1.165) is 22.7 Å². The average molecular weight is 475 g/mol. The van der Waals surface area contributed by atoms with Gasteiger partial charge in [-0.3, -0.25) is 9.36 Å². The number of ether oxygens (including phenoxy) is 2. The van der Waals surface area contributed by atoms with Crippen molar-refractivity contribution in [2.75, 3.05) is 25.3 Å². The first kappa shape index (κ1) is 23.4. The number of nitrogens with zero attached hydrogens (tertiary/aromatic N) is 3. The smallest absolute Gasteiger partial charge is 0.234 e. The van der Waals surface area contributed by atoms with Crippen LogP contribution in [0.3, 0.4) is 0 Å². The van der Waals surface area contributed by atoms with Crippen LogP contribution >= 0.6 is 11.8 Å². The van der Waals surface area contributed by atoms with Gasteiger partial charge in [-0.25, -0.2) is 0 Å². The molecule has 1 N–H and O–H groups in total. The summed E-state index contributed by atoms with van der Waals surface area (Å²) >= 11 is 1.32. The summed E-state index contributed by atoms with van der Waals surface area (Å²) in [6.45, 7) is 1.87. The second kappa shape index (κ2) is 10.9. The molecule has 0 aliphatic heterocycles. The van der Waals surface area contributed by atoms with Gasteiger partial charge in [0, 0.05) is 17.7 Å². The zero-order valence-corrected chi connectivity index (χ0v) is 20.1. The number of methoxy groups -OCH3 is 2. The molecule has 7 nitrogen and oxygen atoms in total. The monoisotopic (exact) mass is 474 g/mol. The Balaban J connectivity index is 1.46. The van der Waals surface area contributed by atoms with E-state index < -0.39 is 0 Å². The lowest BCUT2D eigenvalue weighted by molar-refractivity contribution is -0.113. The van der Waals surface area contributed by atoms with Crippen molar-refractivity contribution in [2.24, 2.45) is 0 Å². The summed E-state index contributed by atoms with van der Waals surface area (Å²) in [7, 11) is 3.28. The van der Waals surface area contributed by atoms with Crippen LogP contribution in [0.2, 0.25) is 0 Å². The molecule has 8 heteroatoms. The summed E-state index contributed by atoms with van der Waals surface area (Å²) < 4.78 is 12.9. The number of benzene rings is 3. The van der Waals surface area contributed by atoms with E-state index in [0.29, 0.717) is 23.2 Å². The molecule has 0 saturated carbocycles. The van der Waals surface area contributed by atoms with E-state index in [2.05, 4.69) is 27.6 Å². The Labute approximate surface area is 203 Å². The third kappa shape index (κ3) is 5.40. The molecule has 4 aromatic rings. The molecular weight excluding hydrogens is 448 g/mol. The van der Waals surface area contributed by atoms with Gasteiger partial charge in [0.2, 0.25) is 5.91 Å². The summed E-state index contributed by atoms with van der Waals surface area (Å²) in [5.41, 5.74) is 3.73. The first-order chi connectivity index (χ1) is 16.6. The number of carbonyl (C=O) groups is 1. The third-order valence-electron chi connectivity index (χ3n) is 5.26. The third-order valence-corrected chi connectivity index (χ3v) is 6.18. The Kier molecular flexibility index (Phi) is 7.49. The van der Waals surface area contributed by atoms with Crippen LogP contribution in [0.4, 0.5) is 5.69 Å². The minimum Gasteiger partial charge on any atom is -0.496 e. The van der Waals surface area contributed by atoms with Crippen molar-refractivity contribution in [1.29, 1.82) is 0 Å². The van der Waals surface area contributed by atoms with Gasteiger partial charge in [0.05, 0.1) is 25.7 Å². The molecule has 0 unspecified atom stereocenters. The minimum atomic E-state index is -0.131. The van der Waals surface area contributed by atoms with Crippen LogP contribution in [-0.4, -0.2) is 40.6 Å². The van der Waals surface area contributed by atoms with E-state index >= 15 is 0 Å². The van der Waals surface area contributed by atoms with E-state index in [4.69, 9.17) is 9.47 Å². The van der Waals surface area contributed by atoms with Crippen molar-refractivity contribution in [1.82, 2.24) is 14.8 Å². The largest absolute Gasteiger partial charge is 0.496 e. The summed E-state index contributed by atoms with van der Waals surface area (Å²) in [6, 6.07) is 23.5. The predicted molar refractivity (Wildman–Crippen MR) is 134 cm³/mol. The fourth-order valence-corrected chi connectivity index (χ4v) is 4.46. The highest BCUT2D eigenvalue weighted by molar-refractivity contribution is 7.99. The summed E-state index contributed by atoms with van der Waals surface area (Å²) in [5, 5.41) is 12.0. The molecule has 34 heavy (non-hydrogen) atoms. The van der Waals surface area contributed by atoms with Gasteiger partial charge in [-0.1, -0.05) is 54.2 Å². The lowest BCUT2D eigenvalue weighted by atomic mass is 10.0. The molecule has 1 amide bonds. The van der Waals surface area contributed by atoms with E-state index in [1.807, 2.05) is 72.2 Å². The maximum atomic E-state index is 12.7. The van der Waals surface area contributed by atoms with Crippen LogP contribution in [-0.2, 0) is 11.2 Å². The summed E-state index contributed by atoms with van der Waals surface area (Å²) in [6.07, 6.45) is 0.712. The van der Waals surface area contributed by atoms with Crippen LogP contribution in [0.1, 0.15) is 17.0 Å². The molecule has 0 radical (unpaired) electrons. The average Bonchev–Trinajstić information content (AvgIpc) is 3.23. The molecule has 1 aromatic heterocycles. The molecule has 1 heterocycles. The number of aromatic nitrogens is 3. The second-order valence-electron chi connectivity index (χ2n) is 7.56. The molecule has 174 valence electrons. The summed E-state index contributed by atoms with van der Waals surface area (Å²) in [5.74, 6) is 2.27. The summed E-state index contributed by atoms with van der Waals surface area (Å²) in [4.78, 5) is 12.7. The Hall–Kier alpha value is -3.78. The fraction of sp³-hybridized carbons (Fsp3) is 0.192. The lowest BCUT2D eigenvalue weighted by Crippen LogP contribution is -2.15. The Morgan fingerprint density at radius 1 is 0.941 bits per heavy atom. The van der Waals surface area contributed by atoms with Crippen LogP contribution in [0.5, 0.6) is 11.5 Å².